The minimum absolute atomic E-state index is 0.124. The average molecular weight is 374 g/mol. The number of carbonyl (C=O) groups excluding carboxylic acids is 1. The molecular formula is C19H22N2O4S. The molecule has 1 unspecified atom stereocenters. The molecule has 1 amide bonds. The van der Waals surface area contributed by atoms with Gasteiger partial charge in [-0.25, -0.2) is 8.42 Å². The molecule has 1 aliphatic heterocycles. The summed E-state index contributed by atoms with van der Waals surface area (Å²) in [5, 5.41) is 2.81. The number of hydrogen-bond donors (Lipinski definition) is 1. The fourth-order valence-electron chi connectivity index (χ4n) is 2.88. The Morgan fingerprint density at radius 1 is 1.19 bits per heavy atom. The molecule has 1 fully saturated rings. The predicted molar refractivity (Wildman–Crippen MR) is 98.2 cm³/mol. The first kappa shape index (κ1) is 18.6. The Labute approximate surface area is 153 Å². The number of carbonyl (C=O) groups is 1. The third-order valence-corrected chi connectivity index (χ3v) is 6.31. The molecule has 138 valence electrons. The molecule has 0 bridgehead atoms. The summed E-state index contributed by atoms with van der Waals surface area (Å²) < 4.78 is 32.5. The number of nitrogens with zero attached hydrogens (tertiary/aromatic N) is 1. The van der Waals surface area contributed by atoms with Crippen molar-refractivity contribution in [1.29, 1.82) is 0 Å². The van der Waals surface area contributed by atoms with E-state index in [1.165, 1.54) is 16.4 Å². The largest absolute Gasteiger partial charge is 0.378 e. The number of hydrogen-bond acceptors (Lipinski definition) is 4. The van der Waals surface area contributed by atoms with Gasteiger partial charge in [0.25, 0.3) is 5.91 Å². The van der Waals surface area contributed by atoms with Crippen LogP contribution in [0.5, 0.6) is 0 Å². The van der Waals surface area contributed by atoms with Crippen LogP contribution in [-0.4, -0.2) is 44.4 Å². The van der Waals surface area contributed by atoms with Gasteiger partial charge in [-0.05, 0) is 30.7 Å². The van der Waals surface area contributed by atoms with Crippen molar-refractivity contribution >= 4 is 15.9 Å². The van der Waals surface area contributed by atoms with Crippen LogP contribution in [-0.2, 0) is 21.3 Å². The summed E-state index contributed by atoms with van der Waals surface area (Å²) >= 11 is 0. The molecule has 1 heterocycles. The zero-order valence-corrected chi connectivity index (χ0v) is 15.4. The minimum Gasteiger partial charge on any atom is -0.378 e. The molecule has 2 aromatic rings. The lowest BCUT2D eigenvalue weighted by atomic mass is 10.2. The first-order chi connectivity index (χ1) is 12.5. The fourth-order valence-corrected chi connectivity index (χ4v) is 4.53. The van der Waals surface area contributed by atoms with Crippen LogP contribution >= 0.6 is 0 Å². The van der Waals surface area contributed by atoms with E-state index in [1.54, 1.807) is 12.1 Å². The monoisotopic (exact) mass is 374 g/mol. The van der Waals surface area contributed by atoms with Crippen LogP contribution in [0, 0.1) is 0 Å². The highest BCUT2D eigenvalue weighted by Gasteiger charge is 2.31. The van der Waals surface area contributed by atoms with Crippen LogP contribution in [0.2, 0.25) is 0 Å². The highest BCUT2D eigenvalue weighted by atomic mass is 32.2. The second-order valence-corrected chi connectivity index (χ2v) is 8.13. The van der Waals surface area contributed by atoms with Gasteiger partial charge in [-0.3, -0.25) is 4.79 Å². The maximum atomic E-state index is 12.9. The molecule has 0 spiro atoms. The number of ether oxygens (including phenoxy) is 1. The molecule has 1 saturated heterocycles. The number of benzene rings is 2. The third-order valence-electron chi connectivity index (χ3n) is 4.31. The average Bonchev–Trinajstić information content (AvgIpc) is 2.67. The molecule has 1 aliphatic rings. The number of sulfonamides is 1. The van der Waals surface area contributed by atoms with E-state index in [9.17, 15) is 13.2 Å². The predicted octanol–water partition coefficient (Wildman–Crippen LogP) is 2.03. The van der Waals surface area contributed by atoms with E-state index in [4.69, 9.17) is 4.74 Å². The minimum atomic E-state index is -3.66. The van der Waals surface area contributed by atoms with Gasteiger partial charge in [0.2, 0.25) is 10.0 Å². The summed E-state index contributed by atoms with van der Waals surface area (Å²) in [5.74, 6) is -0.305. The first-order valence-corrected chi connectivity index (χ1v) is 9.94. The Morgan fingerprint density at radius 2 is 1.96 bits per heavy atom. The van der Waals surface area contributed by atoms with Crippen molar-refractivity contribution in [2.45, 2.75) is 24.4 Å². The lowest BCUT2D eigenvalue weighted by molar-refractivity contribution is 0.0392. The molecule has 3 rings (SSSR count). The molecule has 2 aromatic carbocycles. The number of morpholine rings is 1. The Hall–Kier alpha value is -2.22. The van der Waals surface area contributed by atoms with Gasteiger partial charge in [0.15, 0.2) is 0 Å². The first-order valence-electron chi connectivity index (χ1n) is 8.50. The second-order valence-electron chi connectivity index (χ2n) is 6.24. The van der Waals surface area contributed by atoms with Crippen LogP contribution in [0.15, 0.2) is 59.5 Å². The smallest absolute Gasteiger partial charge is 0.251 e. The van der Waals surface area contributed by atoms with Gasteiger partial charge >= 0.3 is 0 Å². The van der Waals surface area contributed by atoms with E-state index in [2.05, 4.69) is 5.32 Å². The second kappa shape index (κ2) is 7.99. The summed E-state index contributed by atoms with van der Waals surface area (Å²) in [6, 6.07) is 15.5. The van der Waals surface area contributed by atoms with Crippen molar-refractivity contribution in [3.05, 3.63) is 65.7 Å². The fraction of sp³-hybridized carbons (Fsp3) is 0.316. The lowest BCUT2D eigenvalue weighted by Gasteiger charge is -2.32. The zero-order valence-electron chi connectivity index (χ0n) is 14.6. The Morgan fingerprint density at radius 3 is 2.69 bits per heavy atom. The molecule has 0 aromatic heterocycles. The molecule has 6 nitrogen and oxygen atoms in total. The van der Waals surface area contributed by atoms with Gasteiger partial charge in [0.1, 0.15) is 0 Å². The normalized spacial score (nSPS) is 18.4. The summed E-state index contributed by atoms with van der Waals surface area (Å²) in [6.07, 6.45) is 0. The van der Waals surface area contributed by atoms with Gasteiger partial charge < -0.3 is 10.1 Å². The van der Waals surface area contributed by atoms with Crippen molar-refractivity contribution < 1.29 is 17.9 Å². The van der Waals surface area contributed by atoms with Crippen LogP contribution in [0.4, 0.5) is 0 Å². The van der Waals surface area contributed by atoms with E-state index >= 15 is 0 Å². The van der Waals surface area contributed by atoms with Crippen LogP contribution < -0.4 is 5.32 Å². The molecule has 0 saturated carbocycles. The Bertz CT molecular complexity index is 868. The molecule has 1 atom stereocenters. The highest BCUT2D eigenvalue weighted by molar-refractivity contribution is 7.89. The van der Waals surface area contributed by atoms with E-state index < -0.39 is 10.0 Å². The van der Waals surface area contributed by atoms with Gasteiger partial charge in [-0.1, -0.05) is 36.4 Å². The van der Waals surface area contributed by atoms with Gasteiger partial charge in [-0.2, -0.15) is 4.31 Å². The maximum absolute atomic E-state index is 12.9. The molecule has 0 aliphatic carbocycles. The van der Waals surface area contributed by atoms with Crippen LogP contribution in [0.3, 0.4) is 0 Å². The van der Waals surface area contributed by atoms with Crippen LogP contribution in [0.1, 0.15) is 22.8 Å². The zero-order chi connectivity index (χ0) is 18.6. The standard InChI is InChI=1S/C19H22N2O4S/c1-15-14-25-11-10-21(15)26(23,24)18-9-5-8-17(12-18)19(22)20-13-16-6-3-2-4-7-16/h2-9,12,15H,10-11,13-14H2,1H3,(H,20,22). The molecular weight excluding hydrogens is 352 g/mol. The third kappa shape index (κ3) is 4.12. The van der Waals surface area contributed by atoms with Gasteiger partial charge in [0.05, 0.1) is 18.1 Å². The topological polar surface area (TPSA) is 75.7 Å². The highest BCUT2D eigenvalue weighted by Crippen LogP contribution is 2.21. The van der Waals surface area contributed by atoms with E-state index in [0.717, 1.165) is 5.56 Å². The SMILES string of the molecule is CC1COCCN1S(=O)(=O)c1cccc(C(=O)NCc2ccccc2)c1. The summed E-state index contributed by atoms with van der Waals surface area (Å²) in [7, 11) is -3.66. The Balaban J connectivity index is 1.76. The van der Waals surface area contributed by atoms with E-state index in [-0.39, 0.29) is 16.8 Å². The summed E-state index contributed by atoms with van der Waals surface area (Å²) in [4.78, 5) is 12.5. The van der Waals surface area contributed by atoms with Crippen molar-refractivity contribution in [3.63, 3.8) is 0 Å². The summed E-state index contributed by atoms with van der Waals surface area (Å²) in [5.41, 5.74) is 1.30. The van der Waals surface area contributed by atoms with Crippen molar-refractivity contribution in [2.24, 2.45) is 0 Å². The van der Waals surface area contributed by atoms with Crippen molar-refractivity contribution in [2.75, 3.05) is 19.8 Å². The summed E-state index contributed by atoms with van der Waals surface area (Å²) in [6.45, 7) is 3.26. The van der Waals surface area contributed by atoms with Gasteiger partial charge in [0, 0.05) is 24.7 Å². The van der Waals surface area contributed by atoms with Gasteiger partial charge in [-0.15, -0.1) is 0 Å². The Kier molecular flexibility index (Phi) is 5.70. The molecule has 0 radical (unpaired) electrons. The quantitative estimate of drug-likeness (QED) is 0.869. The van der Waals surface area contributed by atoms with Crippen molar-refractivity contribution in [3.8, 4) is 0 Å². The van der Waals surface area contributed by atoms with E-state index in [1.807, 2.05) is 37.3 Å². The number of amides is 1. The number of rotatable bonds is 5. The molecule has 26 heavy (non-hydrogen) atoms. The molecule has 1 N–H and O–H groups in total. The lowest BCUT2D eigenvalue weighted by Crippen LogP contribution is -2.46. The van der Waals surface area contributed by atoms with Crippen LogP contribution in [0.25, 0.3) is 0 Å². The maximum Gasteiger partial charge on any atom is 0.251 e. The number of nitrogens with one attached hydrogen (secondary N) is 1. The van der Waals surface area contributed by atoms with E-state index in [0.29, 0.717) is 31.9 Å². The molecule has 7 heteroatoms. The van der Waals surface area contributed by atoms with Crippen molar-refractivity contribution in [1.82, 2.24) is 9.62 Å².